The Labute approximate surface area is 210 Å². The van der Waals surface area contributed by atoms with Crippen molar-refractivity contribution in [3.8, 4) is 16.9 Å². The number of rotatable bonds is 4. The van der Waals surface area contributed by atoms with Crippen molar-refractivity contribution in [3.05, 3.63) is 102 Å². The molecule has 1 aliphatic rings. The van der Waals surface area contributed by atoms with Crippen LogP contribution in [0.5, 0.6) is 5.75 Å². The molecule has 0 fully saturated rings. The summed E-state index contributed by atoms with van der Waals surface area (Å²) >= 11 is 0. The van der Waals surface area contributed by atoms with Crippen molar-refractivity contribution in [2.45, 2.75) is 26.2 Å². The molecule has 1 heterocycles. The molecule has 0 unspecified atom stereocenters. The first-order valence-electron chi connectivity index (χ1n) is 11.9. The monoisotopic (exact) mass is 481 g/mol. The molecule has 0 aromatic heterocycles. The number of carbonyl (C=O) groups excluding carboxylic acids is 1. The molecule has 0 aliphatic carbocycles. The summed E-state index contributed by atoms with van der Waals surface area (Å²) in [5.74, 6) is -0.140. The summed E-state index contributed by atoms with van der Waals surface area (Å²) in [5, 5.41) is 16.8. The van der Waals surface area contributed by atoms with Crippen LogP contribution in [-0.2, 0) is 5.41 Å². The molecule has 3 N–H and O–H groups in total. The van der Waals surface area contributed by atoms with E-state index in [2.05, 4.69) is 24.5 Å². The quantitative estimate of drug-likeness (QED) is 0.281. The highest BCUT2D eigenvalue weighted by Crippen LogP contribution is 2.53. The maximum atomic E-state index is 13.6. The van der Waals surface area contributed by atoms with E-state index in [9.17, 15) is 14.3 Å². The van der Waals surface area contributed by atoms with Gasteiger partial charge in [0.2, 0.25) is 0 Å². The summed E-state index contributed by atoms with van der Waals surface area (Å²) in [6, 6.07) is 24.7. The zero-order chi connectivity index (χ0) is 25.4. The van der Waals surface area contributed by atoms with Gasteiger partial charge in [0.1, 0.15) is 11.6 Å². The van der Waals surface area contributed by atoms with E-state index in [1.807, 2.05) is 66.4 Å². The first kappa shape index (κ1) is 23.4. The number of phenols is 1. The second-order valence-corrected chi connectivity index (χ2v) is 9.80. The molecule has 0 atom stereocenters. The second kappa shape index (κ2) is 9.04. The zero-order valence-corrected chi connectivity index (χ0v) is 20.5. The van der Waals surface area contributed by atoms with Gasteiger partial charge in [-0.05, 0) is 66.1 Å². The Morgan fingerprint density at radius 3 is 2.33 bits per heavy atom. The van der Waals surface area contributed by atoms with E-state index < -0.39 is 0 Å². The van der Waals surface area contributed by atoms with Crippen LogP contribution in [0.15, 0.2) is 84.9 Å². The van der Waals surface area contributed by atoms with Crippen LogP contribution in [0.3, 0.4) is 0 Å². The molecule has 1 aliphatic heterocycles. The fourth-order valence-electron chi connectivity index (χ4n) is 4.90. The SMILES string of the molecule is Cc1ccc(NC(=O)Nc2ccccc2N2CC(C)(C)c3c(-c4ccc(F)cc4)ccc(O)c32)cc1. The van der Waals surface area contributed by atoms with Crippen LogP contribution >= 0.6 is 0 Å². The summed E-state index contributed by atoms with van der Waals surface area (Å²) in [6.07, 6.45) is 0. The van der Waals surface area contributed by atoms with Crippen molar-refractivity contribution in [1.82, 2.24) is 0 Å². The molecule has 5 nitrogen and oxygen atoms in total. The average molecular weight is 482 g/mol. The maximum Gasteiger partial charge on any atom is 0.323 e. The van der Waals surface area contributed by atoms with E-state index in [1.165, 1.54) is 12.1 Å². The number of anilines is 4. The van der Waals surface area contributed by atoms with Crippen molar-refractivity contribution in [2.24, 2.45) is 0 Å². The smallest absolute Gasteiger partial charge is 0.323 e. The van der Waals surface area contributed by atoms with Crippen LogP contribution in [0, 0.1) is 12.7 Å². The fraction of sp³-hybridized carbons (Fsp3) is 0.167. The van der Waals surface area contributed by atoms with Gasteiger partial charge in [-0.3, -0.25) is 0 Å². The van der Waals surface area contributed by atoms with Crippen molar-refractivity contribution in [3.63, 3.8) is 0 Å². The van der Waals surface area contributed by atoms with Crippen LogP contribution in [0.1, 0.15) is 25.0 Å². The van der Waals surface area contributed by atoms with E-state index in [4.69, 9.17) is 0 Å². The lowest BCUT2D eigenvalue weighted by Crippen LogP contribution is -2.27. The van der Waals surface area contributed by atoms with Crippen molar-refractivity contribution < 1.29 is 14.3 Å². The van der Waals surface area contributed by atoms with E-state index in [0.717, 1.165) is 27.9 Å². The van der Waals surface area contributed by atoms with Gasteiger partial charge in [-0.25, -0.2) is 9.18 Å². The number of amides is 2. The van der Waals surface area contributed by atoms with Crippen LogP contribution in [0.25, 0.3) is 11.1 Å². The van der Waals surface area contributed by atoms with Gasteiger partial charge in [0.25, 0.3) is 0 Å². The molecule has 0 bridgehead atoms. The van der Waals surface area contributed by atoms with Gasteiger partial charge in [-0.15, -0.1) is 0 Å². The number of halogens is 1. The molecule has 182 valence electrons. The number of para-hydroxylation sites is 2. The predicted octanol–water partition coefficient (Wildman–Crippen LogP) is 7.58. The van der Waals surface area contributed by atoms with Gasteiger partial charge in [0.15, 0.2) is 0 Å². The van der Waals surface area contributed by atoms with E-state index >= 15 is 0 Å². The lowest BCUT2D eigenvalue weighted by Gasteiger charge is -2.25. The number of hydrogen-bond acceptors (Lipinski definition) is 3. The zero-order valence-electron chi connectivity index (χ0n) is 20.5. The molecule has 0 spiro atoms. The normalized spacial score (nSPS) is 13.8. The predicted molar refractivity (Wildman–Crippen MR) is 144 cm³/mol. The number of fused-ring (bicyclic) bond motifs is 1. The Kier molecular flexibility index (Phi) is 5.88. The first-order chi connectivity index (χ1) is 17.2. The summed E-state index contributed by atoms with van der Waals surface area (Å²) in [7, 11) is 0. The molecule has 0 saturated carbocycles. The molecule has 36 heavy (non-hydrogen) atoms. The van der Waals surface area contributed by atoms with E-state index in [0.29, 0.717) is 23.6 Å². The number of benzene rings is 4. The Bertz CT molecular complexity index is 1430. The number of urea groups is 1. The average Bonchev–Trinajstić information content (AvgIpc) is 3.14. The van der Waals surface area contributed by atoms with Crippen LogP contribution in [-0.4, -0.2) is 17.7 Å². The lowest BCUT2D eigenvalue weighted by molar-refractivity contribution is 0.262. The largest absolute Gasteiger partial charge is 0.506 e. The molecule has 4 aromatic carbocycles. The number of phenolic OH excluding ortho intramolecular Hbond substituents is 1. The van der Waals surface area contributed by atoms with Gasteiger partial charge in [-0.2, -0.15) is 0 Å². The Hall–Kier alpha value is -4.32. The maximum absolute atomic E-state index is 13.6. The van der Waals surface area contributed by atoms with E-state index in [-0.39, 0.29) is 23.0 Å². The highest BCUT2D eigenvalue weighted by atomic mass is 19.1. The highest BCUT2D eigenvalue weighted by Gasteiger charge is 2.40. The standard InChI is InChI=1S/C30H28FN3O2/c1-19-8-14-22(15-9-19)32-29(36)33-24-6-4-5-7-25(24)34-18-30(2,3)27-23(16-17-26(35)28(27)34)20-10-12-21(31)13-11-20/h4-17,35H,18H2,1-3H3,(H2,32,33,36). The Morgan fingerprint density at radius 1 is 0.917 bits per heavy atom. The molecule has 5 rings (SSSR count). The van der Waals surface area contributed by atoms with Gasteiger partial charge >= 0.3 is 6.03 Å². The van der Waals surface area contributed by atoms with Crippen molar-refractivity contribution >= 4 is 28.8 Å². The molecular weight excluding hydrogens is 453 g/mol. The van der Waals surface area contributed by atoms with Crippen LogP contribution in [0.4, 0.5) is 31.9 Å². The van der Waals surface area contributed by atoms with Crippen molar-refractivity contribution in [2.75, 3.05) is 22.1 Å². The number of hydrogen-bond donors (Lipinski definition) is 3. The second-order valence-electron chi connectivity index (χ2n) is 9.80. The van der Waals surface area contributed by atoms with Gasteiger partial charge in [0, 0.05) is 17.6 Å². The summed E-state index contributed by atoms with van der Waals surface area (Å²) < 4.78 is 13.6. The van der Waals surface area contributed by atoms with Gasteiger partial charge < -0.3 is 20.6 Å². The number of nitrogens with one attached hydrogen (secondary N) is 2. The number of carbonyl (C=O) groups is 1. The molecule has 4 aromatic rings. The first-order valence-corrected chi connectivity index (χ1v) is 11.9. The van der Waals surface area contributed by atoms with Crippen LogP contribution in [0.2, 0.25) is 0 Å². The van der Waals surface area contributed by atoms with Crippen molar-refractivity contribution in [1.29, 1.82) is 0 Å². The van der Waals surface area contributed by atoms with Gasteiger partial charge in [-0.1, -0.05) is 61.9 Å². The molecule has 2 amide bonds. The minimum absolute atomic E-state index is 0.153. The number of aryl methyl sites for hydroxylation is 1. The summed E-state index contributed by atoms with van der Waals surface area (Å²) in [5.41, 5.74) is 6.38. The molecule has 0 saturated heterocycles. The van der Waals surface area contributed by atoms with E-state index in [1.54, 1.807) is 18.2 Å². The Morgan fingerprint density at radius 2 is 1.61 bits per heavy atom. The minimum atomic E-state index is -0.353. The number of nitrogens with zero attached hydrogens (tertiary/aromatic N) is 1. The topological polar surface area (TPSA) is 64.6 Å². The third-order valence-corrected chi connectivity index (χ3v) is 6.56. The highest BCUT2D eigenvalue weighted by molar-refractivity contribution is 6.03. The minimum Gasteiger partial charge on any atom is -0.506 e. The van der Waals surface area contributed by atoms with Crippen LogP contribution < -0.4 is 15.5 Å². The molecule has 0 radical (unpaired) electrons. The Balaban J connectivity index is 1.52. The number of aromatic hydroxyl groups is 1. The third kappa shape index (κ3) is 4.38. The summed E-state index contributed by atoms with van der Waals surface area (Å²) in [4.78, 5) is 14.9. The third-order valence-electron chi connectivity index (χ3n) is 6.56. The molecular formula is C30H28FN3O2. The summed E-state index contributed by atoms with van der Waals surface area (Å²) in [6.45, 7) is 6.83. The van der Waals surface area contributed by atoms with Gasteiger partial charge in [0.05, 0.1) is 17.1 Å². The molecule has 6 heteroatoms. The lowest BCUT2D eigenvalue weighted by atomic mass is 9.81. The fourth-order valence-corrected chi connectivity index (χ4v) is 4.90.